The van der Waals surface area contributed by atoms with Crippen molar-refractivity contribution in [3.8, 4) is 0 Å². The minimum atomic E-state index is 0.440. The molecule has 0 amide bonds. The van der Waals surface area contributed by atoms with Crippen LogP contribution in [0.3, 0.4) is 0 Å². The summed E-state index contributed by atoms with van der Waals surface area (Å²) in [6, 6.07) is 0.511. The molecule has 3 nitrogen and oxygen atoms in total. The van der Waals surface area contributed by atoms with Gasteiger partial charge in [0, 0.05) is 25.7 Å². The quantitative estimate of drug-likeness (QED) is 0.723. The van der Waals surface area contributed by atoms with Gasteiger partial charge >= 0.3 is 0 Å². The van der Waals surface area contributed by atoms with E-state index in [0.717, 1.165) is 25.6 Å². The Kier molecular flexibility index (Phi) is 5.75. The van der Waals surface area contributed by atoms with Crippen LogP contribution in [-0.2, 0) is 4.74 Å². The fourth-order valence-corrected chi connectivity index (χ4v) is 3.24. The summed E-state index contributed by atoms with van der Waals surface area (Å²) in [4.78, 5) is 0. The maximum Gasteiger partial charge on any atom is 0.0700 e. The first kappa shape index (κ1) is 13.3. The summed E-state index contributed by atoms with van der Waals surface area (Å²) in [5, 5.41) is 3.66. The molecule has 3 heteroatoms. The zero-order chi connectivity index (χ0) is 11.9. The van der Waals surface area contributed by atoms with Gasteiger partial charge in [-0.3, -0.25) is 0 Å². The van der Waals surface area contributed by atoms with E-state index in [1.807, 2.05) is 0 Å². The van der Waals surface area contributed by atoms with Gasteiger partial charge in [-0.25, -0.2) is 0 Å². The molecule has 2 fully saturated rings. The highest BCUT2D eigenvalue weighted by molar-refractivity contribution is 4.81. The van der Waals surface area contributed by atoms with E-state index in [-0.39, 0.29) is 0 Å². The molecule has 2 atom stereocenters. The molecule has 0 aromatic carbocycles. The van der Waals surface area contributed by atoms with Gasteiger partial charge in [0.25, 0.3) is 0 Å². The molecule has 2 rings (SSSR count). The standard InChI is InChI=1S/C14H28N2O/c15-10-14(12-6-3-1-2-4-7-12)16-11-13-8-5-9-17-13/h12-14,16H,1-11,15H2. The predicted octanol–water partition coefficient (Wildman–Crippen LogP) is 2.05. The third-order valence-corrected chi connectivity index (χ3v) is 4.35. The molecule has 100 valence electrons. The first-order valence-corrected chi connectivity index (χ1v) is 7.45. The van der Waals surface area contributed by atoms with Crippen molar-refractivity contribution in [2.24, 2.45) is 11.7 Å². The van der Waals surface area contributed by atoms with Gasteiger partial charge < -0.3 is 15.8 Å². The largest absolute Gasteiger partial charge is 0.377 e. The predicted molar refractivity (Wildman–Crippen MR) is 71.0 cm³/mol. The van der Waals surface area contributed by atoms with Crippen LogP contribution < -0.4 is 11.1 Å². The smallest absolute Gasteiger partial charge is 0.0700 e. The molecule has 2 aliphatic rings. The van der Waals surface area contributed by atoms with E-state index >= 15 is 0 Å². The Hall–Kier alpha value is -0.120. The molecule has 0 aromatic heterocycles. The van der Waals surface area contributed by atoms with E-state index in [0.29, 0.717) is 12.1 Å². The number of hydrogen-bond acceptors (Lipinski definition) is 3. The lowest BCUT2D eigenvalue weighted by Crippen LogP contribution is -2.45. The van der Waals surface area contributed by atoms with Crippen molar-refractivity contribution in [3.63, 3.8) is 0 Å². The number of nitrogens with two attached hydrogens (primary N) is 1. The molecule has 17 heavy (non-hydrogen) atoms. The second kappa shape index (κ2) is 7.34. The Labute approximate surface area is 105 Å². The Bertz CT molecular complexity index is 196. The summed E-state index contributed by atoms with van der Waals surface area (Å²) in [6.07, 6.45) is 11.2. The van der Waals surface area contributed by atoms with Crippen molar-refractivity contribution in [3.05, 3.63) is 0 Å². The van der Waals surface area contributed by atoms with Gasteiger partial charge in [0.1, 0.15) is 0 Å². The highest BCUT2D eigenvalue weighted by Gasteiger charge is 2.23. The van der Waals surface area contributed by atoms with Crippen LogP contribution in [0.15, 0.2) is 0 Å². The fraction of sp³-hybridized carbons (Fsp3) is 1.00. The number of hydrogen-bond donors (Lipinski definition) is 2. The van der Waals surface area contributed by atoms with Crippen LogP contribution >= 0.6 is 0 Å². The lowest BCUT2D eigenvalue weighted by atomic mass is 9.91. The Balaban J connectivity index is 1.73. The minimum Gasteiger partial charge on any atom is -0.377 e. The average Bonchev–Trinajstić information content (AvgIpc) is 2.72. The molecular weight excluding hydrogens is 212 g/mol. The van der Waals surface area contributed by atoms with Crippen LogP contribution in [0.2, 0.25) is 0 Å². The molecule has 1 saturated carbocycles. The lowest BCUT2D eigenvalue weighted by Gasteiger charge is -2.27. The Morgan fingerprint density at radius 2 is 1.82 bits per heavy atom. The zero-order valence-corrected chi connectivity index (χ0v) is 11.0. The summed E-state index contributed by atoms with van der Waals surface area (Å²) in [5.74, 6) is 0.795. The Morgan fingerprint density at radius 3 is 2.41 bits per heavy atom. The molecule has 0 spiro atoms. The number of rotatable bonds is 5. The van der Waals surface area contributed by atoms with Crippen molar-refractivity contribution in [2.75, 3.05) is 19.7 Å². The van der Waals surface area contributed by atoms with Crippen molar-refractivity contribution in [1.82, 2.24) is 5.32 Å². The third kappa shape index (κ3) is 4.23. The minimum absolute atomic E-state index is 0.440. The topological polar surface area (TPSA) is 47.3 Å². The summed E-state index contributed by atoms with van der Waals surface area (Å²) in [5.41, 5.74) is 5.94. The second-order valence-electron chi connectivity index (χ2n) is 5.64. The molecule has 2 unspecified atom stereocenters. The normalized spacial score (nSPS) is 29.1. The first-order chi connectivity index (χ1) is 8.40. The van der Waals surface area contributed by atoms with Crippen LogP contribution in [-0.4, -0.2) is 31.8 Å². The van der Waals surface area contributed by atoms with Gasteiger partial charge in [-0.15, -0.1) is 0 Å². The molecule has 0 aromatic rings. The molecule has 0 bridgehead atoms. The summed E-state index contributed by atoms with van der Waals surface area (Å²) < 4.78 is 5.66. The highest BCUT2D eigenvalue weighted by Crippen LogP contribution is 2.25. The molecular formula is C14H28N2O. The van der Waals surface area contributed by atoms with E-state index < -0.39 is 0 Å². The Morgan fingerprint density at radius 1 is 1.06 bits per heavy atom. The lowest BCUT2D eigenvalue weighted by molar-refractivity contribution is 0.104. The van der Waals surface area contributed by atoms with Crippen LogP contribution in [0.4, 0.5) is 0 Å². The van der Waals surface area contributed by atoms with Crippen LogP contribution in [0.1, 0.15) is 51.4 Å². The third-order valence-electron chi connectivity index (χ3n) is 4.35. The van der Waals surface area contributed by atoms with E-state index in [1.165, 1.54) is 51.4 Å². The summed E-state index contributed by atoms with van der Waals surface area (Å²) >= 11 is 0. The second-order valence-corrected chi connectivity index (χ2v) is 5.64. The molecule has 1 aliphatic heterocycles. The summed E-state index contributed by atoms with van der Waals surface area (Å²) in [7, 11) is 0. The van der Waals surface area contributed by atoms with Crippen LogP contribution in [0.5, 0.6) is 0 Å². The van der Waals surface area contributed by atoms with Crippen LogP contribution in [0.25, 0.3) is 0 Å². The molecule has 1 aliphatic carbocycles. The monoisotopic (exact) mass is 240 g/mol. The molecule has 0 radical (unpaired) electrons. The first-order valence-electron chi connectivity index (χ1n) is 7.45. The van der Waals surface area contributed by atoms with Crippen molar-refractivity contribution < 1.29 is 4.74 Å². The van der Waals surface area contributed by atoms with Crippen molar-refractivity contribution >= 4 is 0 Å². The molecule has 1 saturated heterocycles. The van der Waals surface area contributed by atoms with Crippen molar-refractivity contribution in [1.29, 1.82) is 0 Å². The van der Waals surface area contributed by atoms with Gasteiger partial charge in [-0.05, 0) is 31.6 Å². The molecule has 3 N–H and O–H groups in total. The van der Waals surface area contributed by atoms with E-state index in [2.05, 4.69) is 5.32 Å². The van der Waals surface area contributed by atoms with Crippen molar-refractivity contribution in [2.45, 2.75) is 63.5 Å². The average molecular weight is 240 g/mol. The van der Waals surface area contributed by atoms with Gasteiger partial charge in [0.05, 0.1) is 6.10 Å². The van der Waals surface area contributed by atoms with E-state index in [9.17, 15) is 0 Å². The van der Waals surface area contributed by atoms with E-state index in [1.54, 1.807) is 0 Å². The maximum absolute atomic E-state index is 5.94. The van der Waals surface area contributed by atoms with E-state index in [4.69, 9.17) is 10.5 Å². The number of ether oxygens (including phenoxy) is 1. The fourth-order valence-electron chi connectivity index (χ4n) is 3.24. The SMILES string of the molecule is NCC(NCC1CCCO1)C1CCCCCC1. The molecule has 1 heterocycles. The van der Waals surface area contributed by atoms with Gasteiger partial charge in [0.15, 0.2) is 0 Å². The summed E-state index contributed by atoms with van der Waals surface area (Å²) in [6.45, 7) is 2.72. The number of nitrogens with one attached hydrogen (secondary N) is 1. The van der Waals surface area contributed by atoms with Gasteiger partial charge in [-0.2, -0.15) is 0 Å². The van der Waals surface area contributed by atoms with Crippen LogP contribution in [0, 0.1) is 5.92 Å². The van der Waals surface area contributed by atoms with Gasteiger partial charge in [-0.1, -0.05) is 25.7 Å². The maximum atomic E-state index is 5.94. The highest BCUT2D eigenvalue weighted by atomic mass is 16.5. The van der Waals surface area contributed by atoms with Gasteiger partial charge in [0.2, 0.25) is 0 Å². The zero-order valence-electron chi connectivity index (χ0n) is 11.0.